The van der Waals surface area contributed by atoms with Gasteiger partial charge >= 0.3 is 0 Å². The molecule has 0 spiro atoms. The highest BCUT2D eigenvalue weighted by Crippen LogP contribution is 2.30. The lowest BCUT2D eigenvalue weighted by molar-refractivity contribution is 0.120. The van der Waals surface area contributed by atoms with E-state index in [-0.39, 0.29) is 17.0 Å². The summed E-state index contributed by atoms with van der Waals surface area (Å²) in [5, 5.41) is 10.0. The number of hydrogen-bond acceptors (Lipinski definition) is 5. The largest absolute Gasteiger partial charge is 0.394 e. The zero-order chi connectivity index (χ0) is 20.8. The van der Waals surface area contributed by atoms with E-state index < -0.39 is 10.0 Å². The minimum Gasteiger partial charge on any atom is -0.394 e. The lowest BCUT2D eigenvalue weighted by Gasteiger charge is -2.26. The molecule has 4 rings (SSSR count). The summed E-state index contributed by atoms with van der Waals surface area (Å²) in [7, 11) is -3.63. The number of sulfonamides is 1. The molecule has 1 aliphatic rings. The molecule has 9 heteroatoms. The number of hydrogen-bond donors (Lipinski definition) is 3. The Labute approximate surface area is 174 Å². The zero-order valence-corrected chi connectivity index (χ0v) is 17.5. The van der Waals surface area contributed by atoms with Crippen LogP contribution >= 0.6 is 11.6 Å². The normalized spacial score (nSPS) is 20.2. The smallest absolute Gasteiger partial charge is 0.240 e. The molecule has 7 nitrogen and oxygen atoms in total. The summed E-state index contributed by atoms with van der Waals surface area (Å²) in [6.07, 6.45) is 5.68. The number of aliphatic hydroxyl groups excluding tert-OH is 1. The number of pyridine rings is 1. The van der Waals surface area contributed by atoms with Crippen LogP contribution in [0.2, 0.25) is 5.02 Å². The maximum atomic E-state index is 12.8. The van der Waals surface area contributed by atoms with Crippen molar-refractivity contribution in [3.05, 3.63) is 47.2 Å². The summed E-state index contributed by atoms with van der Waals surface area (Å²) >= 11 is 6.07. The van der Waals surface area contributed by atoms with E-state index in [2.05, 4.69) is 9.71 Å². The highest BCUT2D eigenvalue weighted by molar-refractivity contribution is 7.89. The Morgan fingerprint density at radius 1 is 1.24 bits per heavy atom. The first-order valence-corrected chi connectivity index (χ1v) is 11.3. The predicted octanol–water partition coefficient (Wildman–Crippen LogP) is 3.13. The van der Waals surface area contributed by atoms with Crippen LogP contribution in [0.3, 0.4) is 0 Å². The molecule has 0 bridgehead atoms. The molecule has 0 atom stereocenters. The van der Waals surface area contributed by atoms with E-state index in [1.807, 2.05) is 11.3 Å². The van der Waals surface area contributed by atoms with Crippen molar-refractivity contribution in [2.45, 2.75) is 49.6 Å². The predicted molar refractivity (Wildman–Crippen MR) is 113 cm³/mol. The van der Waals surface area contributed by atoms with Gasteiger partial charge in [-0.2, -0.15) is 0 Å². The van der Waals surface area contributed by atoms with Crippen LogP contribution < -0.4 is 10.5 Å². The number of aromatic nitrogens is 2. The molecule has 1 aromatic carbocycles. The Morgan fingerprint density at radius 3 is 2.66 bits per heavy atom. The van der Waals surface area contributed by atoms with Crippen LogP contribution in [-0.2, 0) is 10.0 Å². The molecule has 29 heavy (non-hydrogen) atoms. The molecule has 1 aliphatic carbocycles. The minimum atomic E-state index is -3.63. The number of nitrogens with zero attached hydrogens (tertiary/aromatic N) is 2. The van der Waals surface area contributed by atoms with E-state index in [1.54, 1.807) is 36.7 Å². The standard InChI is InChI=1S/C20H23ClN4O3S/c1-12-10-15(29(27,28)24-13-2-4-14(26)5-3-13)6-7-16(12)18-11-23-20-19(22)17(21)8-9-25(18)20/h6-11,13-14,24,26H,2-5,22H2,1H3. The van der Waals surface area contributed by atoms with Crippen molar-refractivity contribution in [2.75, 3.05) is 5.73 Å². The molecule has 2 aromatic heterocycles. The van der Waals surface area contributed by atoms with E-state index in [0.717, 1.165) is 16.8 Å². The number of nitrogen functional groups attached to an aromatic ring is 1. The van der Waals surface area contributed by atoms with Crippen LogP contribution in [0.1, 0.15) is 31.2 Å². The summed E-state index contributed by atoms with van der Waals surface area (Å²) in [5.41, 5.74) is 9.44. The number of nitrogens with one attached hydrogen (secondary N) is 1. The fourth-order valence-electron chi connectivity index (χ4n) is 3.82. The van der Waals surface area contributed by atoms with Gasteiger partial charge in [-0.3, -0.25) is 4.40 Å². The SMILES string of the molecule is Cc1cc(S(=O)(=O)NC2CCC(O)CC2)ccc1-c1cnc2c(N)c(Cl)ccn12. The molecule has 0 unspecified atom stereocenters. The average Bonchev–Trinajstić information content (AvgIpc) is 3.11. The third kappa shape index (κ3) is 3.85. The Kier molecular flexibility index (Phi) is 5.29. The molecule has 3 aromatic rings. The lowest BCUT2D eigenvalue weighted by atomic mass is 9.94. The van der Waals surface area contributed by atoms with Crippen LogP contribution in [0.25, 0.3) is 16.9 Å². The van der Waals surface area contributed by atoms with Crippen LogP contribution in [0.15, 0.2) is 41.6 Å². The quantitative estimate of drug-likeness (QED) is 0.584. The number of aryl methyl sites for hydroxylation is 1. The van der Waals surface area contributed by atoms with Crippen LogP contribution in [0.5, 0.6) is 0 Å². The van der Waals surface area contributed by atoms with Crippen molar-refractivity contribution in [3.8, 4) is 11.3 Å². The van der Waals surface area contributed by atoms with Crippen molar-refractivity contribution in [2.24, 2.45) is 0 Å². The highest BCUT2D eigenvalue weighted by atomic mass is 35.5. The fourth-order valence-corrected chi connectivity index (χ4v) is 5.35. The van der Waals surface area contributed by atoms with Crippen LogP contribution in [0, 0.1) is 6.92 Å². The molecule has 2 heterocycles. The van der Waals surface area contributed by atoms with Gasteiger partial charge in [-0.05, 0) is 56.4 Å². The first-order valence-electron chi connectivity index (χ1n) is 9.49. The maximum absolute atomic E-state index is 12.8. The van der Waals surface area contributed by atoms with Gasteiger partial charge in [-0.15, -0.1) is 0 Å². The molecule has 0 aliphatic heterocycles. The zero-order valence-electron chi connectivity index (χ0n) is 16.0. The third-order valence-corrected chi connectivity index (χ3v) is 7.32. The monoisotopic (exact) mass is 434 g/mol. The fraction of sp³-hybridized carbons (Fsp3) is 0.350. The van der Waals surface area contributed by atoms with Crippen LogP contribution in [-0.4, -0.2) is 35.1 Å². The number of nitrogens with two attached hydrogens (primary N) is 1. The van der Waals surface area contributed by atoms with Gasteiger partial charge in [0.2, 0.25) is 10.0 Å². The topological polar surface area (TPSA) is 110 Å². The van der Waals surface area contributed by atoms with Gasteiger partial charge in [0.15, 0.2) is 5.65 Å². The first kappa shape index (κ1) is 20.2. The van der Waals surface area contributed by atoms with Crippen LogP contribution in [0.4, 0.5) is 5.69 Å². The Bertz CT molecular complexity index is 1170. The van der Waals surface area contributed by atoms with Crippen molar-refractivity contribution in [1.82, 2.24) is 14.1 Å². The second-order valence-electron chi connectivity index (χ2n) is 7.52. The number of anilines is 1. The van der Waals surface area contributed by atoms with Crippen molar-refractivity contribution >= 4 is 33.0 Å². The third-order valence-electron chi connectivity index (χ3n) is 5.47. The number of benzene rings is 1. The molecule has 4 N–H and O–H groups in total. The summed E-state index contributed by atoms with van der Waals surface area (Å²) in [4.78, 5) is 4.58. The maximum Gasteiger partial charge on any atom is 0.240 e. The van der Waals surface area contributed by atoms with Gasteiger partial charge in [0.25, 0.3) is 0 Å². The van der Waals surface area contributed by atoms with E-state index in [4.69, 9.17) is 17.3 Å². The van der Waals surface area contributed by atoms with Gasteiger partial charge in [-0.25, -0.2) is 18.1 Å². The van der Waals surface area contributed by atoms with Gasteiger partial charge in [-0.1, -0.05) is 17.7 Å². The van der Waals surface area contributed by atoms with Gasteiger partial charge in [0.1, 0.15) is 0 Å². The number of halogens is 1. The lowest BCUT2D eigenvalue weighted by Crippen LogP contribution is -2.38. The Hall–Kier alpha value is -2.13. The second-order valence-corrected chi connectivity index (χ2v) is 9.64. The summed E-state index contributed by atoms with van der Waals surface area (Å²) in [5.74, 6) is 0. The molecule has 0 amide bonds. The van der Waals surface area contributed by atoms with E-state index in [9.17, 15) is 13.5 Å². The molecule has 154 valence electrons. The Balaban J connectivity index is 1.64. The average molecular weight is 435 g/mol. The van der Waals surface area contributed by atoms with E-state index in [1.165, 1.54) is 0 Å². The number of imidazole rings is 1. The summed E-state index contributed by atoms with van der Waals surface area (Å²) in [6, 6.07) is 6.60. The van der Waals surface area contributed by atoms with Gasteiger partial charge < -0.3 is 10.8 Å². The number of aliphatic hydroxyl groups is 1. The number of rotatable bonds is 4. The summed E-state index contributed by atoms with van der Waals surface area (Å²) in [6.45, 7) is 1.87. The molecule has 0 saturated heterocycles. The molecule has 0 radical (unpaired) electrons. The van der Waals surface area contributed by atoms with Gasteiger partial charge in [0.05, 0.1) is 33.6 Å². The van der Waals surface area contributed by atoms with Crippen molar-refractivity contribution in [1.29, 1.82) is 0 Å². The molecular weight excluding hydrogens is 412 g/mol. The first-order chi connectivity index (χ1) is 13.8. The van der Waals surface area contributed by atoms with E-state index >= 15 is 0 Å². The van der Waals surface area contributed by atoms with Gasteiger partial charge in [0, 0.05) is 17.8 Å². The number of fused-ring (bicyclic) bond motifs is 1. The van der Waals surface area contributed by atoms with Crippen molar-refractivity contribution < 1.29 is 13.5 Å². The minimum absolute atomic E-state index is 0.144. The molecule has 1 fully saturated rings. The second kappa shape index (κ2) is 7.60. The molecule has 1 saturated carbocycles. The molecular formula is C20H23ClN4O3S. The van der Waals surface area contributed by atoms with E-state index in [0.29, 0.717) is 42.0 Å². The highest BCUT2D eigenvalue weighted by Gasteiger charge is 2.25. The van der Waals surface area contributed by atoms with Crippen molar-refractivity contribution in [3.63, 3.8) is 0 Å². The summed E-state index contributed by atoms with van der Waals surface area (Å²) < 4.78 is 30.2. The Morgan fingerprint density at radius 2 is 1.97 bits per heavy atom.